The topological polar surface area (TPSA) is 97.1 Å². The van der Waals surface area contributed by atoms with Gasteiger partial charge in [-0.3, -0.25) is 14.5 Å². The highest BCUT2D eigenvalue weighted by atomic mass is 19.4. The molecule has 8 nitrogen and oxygen atoms in total. The van der Waals surface area contributed by atoms with E-state index < -0.39 is 43.7 Å². The molecule has 0 saturated carbocycles. The molecule has 1 saturated heterocycles. The number of carbonyl (C=O) groups is 2. The first-order valence-electron chi connectivity index (χ1n) is 9.34. The zero-order valence-electron chi connectivity index (χ0n) is 16.6. The Balaban J connectivity index is 2.25. The number of rotatable bonds is 9. The van der Waals surface area contributed by atoms with Gasteiger partial charge in [0.2, 0.25) is 5.91 Å². The smallest absolute Gasteiger partial charge is 0.401 e. The van der Waals surface area contributed by atoms with Crippen LogP contribution in [0.2, 0.25) is 0 Å². The minimum atomic E-state index is -4.53. The Morgan fingerprint density at radius 1 is 1.39 bits per heavy atom. The molecule has 13 heteroatoms. The van der Waals surface area contributed by atoms with Crippen LogP contribution in [0.25, 0.3) is 0 Å². The number of morpholine rings is 1. The third-order valence-electron chi connectivity index (χ3n) is 4.48. The number of carbonyl (C=O) groups excluding carboxylic acids is 2. The lowest BCUT2D eigenvalue weighted by atomic mass is 10.2. The highest BCUT2D eigenvalue weighted by Gasteiger charge is 2.35. The monoisotopic (exact) mass is 454 g/mol. The van der Waals surface area contributed by atoms with Crippen molar-refractivity contribution >= 4 is 23.2 Å². The van der Waals surface area contributed by atoms with Crippen LogP contribution in [0.15, 0.2) is 18.2 Å². The second kappa shape index (κ2) is 10.7. The molecule has 1 heterocycles. The van der Waals surface area contributed by atoms with Crippen LogP contribution < -0.4 is 20.7 Å². The molecule has 2 amide bonds. The average Bonchev–Trinajstić information content (AvgIpc) is 2.67. The second-order valence-corrected chi connectivity index (χ2v) is 6.58. The molecule has 1 aromatic rings. The molecule has 1 fully saturated rings. The fraction of sp³-hybridized carbons (Fsp3) is 0.556. The molecule has 0 spiro atoms. The maximum Gasteiger partial charge on any atom is 0.401 e. The molecule has 0 radical (unpaired) electrons. The highest BCUT2D eigenvalue weighted by Crippen LogP contribution is 2.33. The Morgan fingerprint density at radius 3 is 2.65 bits per heavy atom. The predicted octanol–water partition coefficient (Wildman–Crippen LogP) is 1.80. The molecule has 0 unspecified atom stereocenters. The van der Waals surface area contributed by atoms with E-state index >= 15 is 0 Å². The maximum absolute atomic E-state index is 12.9. The van der Waals surface area contributed by atoms with E-state index in [1.54, 1.807) is 0 Å². The number of hydrogen-bond donors (Lipinski definition) is 2. The first-order chi connectivity index (χ1) is 14.6. The largest absolute Gasteiger partial charge is 0.433 e. The summed E-state index contributed by atoms with van der Waals surface area (Å²) in [7, 11) is 0. The first kappa shape index (κ1) is 24.8. The van der Waals surface area contributed by atoms with Gasteiger partial charge in [0.25, 0.3) is 5.91 Å². The molecule has 1 aliphatic heterocycles. The van der Waals surface area contributed by atoms with Crippen LogP contribution in [0.1, 0.15) is 6.92 Å². The van der Waals surface area contributed by atoms with Crippen molar-refractivity contribution in [3.05, 3.63) is 18.2 Å². The Bertz CT molecular complexity index is 778. The zero-order chi connectivity index (χ0) is 23.2. The molecule has 3 N–H and O–H groups in total. The van der Waals surface area contributed by atoms with Gasteiger partial charge < -0.3 is 25.4 Å². The molecule has 31 heavy (non-hydrogen) atoms. The average molecular weight is 454 g/mol. The number of alkyl halides is 5. The summed E-state index contributed by atoms with van der Waals surface area (Å²) >= 11 is 0. The SMILES string of the molecule is CCN(CC(F)(F)F)[C@@H](CN)C(=O)Nc1ccc(N2CCOCC2=O)c(OC(F)F)c1. The summed E-state index contributed by atoms with van der Waals surface area (Å²) in [5.74, 6) is -1.68. The van der Waals surface area contributed by atoms with Crippen molar-refractivity contribution in [1.82, 2.24) is 4.90 Å². The Morgan fingerprint density at radius 2 is 2.10 bits per heavy atom. The van der Waals surface area contributed by atoms with E-state index in [1.807, 2.05) is 0 Å². The van der Waals surface area contributed by atoms with Gasteiger partial charge in [-0.05, 0) is 18.7 Å². The fourth-order valence-electron chi connectivity index (χ4n) is 3.10. The number of ether oxygens (including phenoxy) is 2. The van der Waals surface area contributed by atoms with E-state index in [4.69, 9.17) is 10.5 Å². The molecular weight excluding hydrogens is 431 g/mol. The lowest BCUT2D eigenvalue weighted by Crippen LogP contribution is -2.51. The van der Waals surface area contributed by atoms with Gasteiger partial charge in [0.05, 0.1) is 18.8 Å². The van der Waals surface area contributed by atoms with Gasteiger partial charge in [0, 0.05) is 24.8 Å². The summed E-state index contributed by atoms with van der Waals surface area (Å²) in [5, 5.41) is 2.37. The normalized spacial score (nSPS) is 16.0. The number of nitrogens with one attached hydrogen (secondary N) is 1. The molecular formula is C18H23F5N4O4. The van der Waals surface area contributed by atoms with Crippen LogP contribution in [0.3, 0.4) is 0 Å². The Labute approximate surface area is 175 Å². The summed E-state index contributed by atoms with van der Waals surface area (Å²) in [5.41, 5.74) is 5.55. The molecule has 1 aliphatic rings. The third-order valence-corrected chi connectivity index (χ3v) is 4.48. The van der Waals surface area contributed by atoms with E-state index in [1.165, 1.54) is 24.0 Å². The van der Waals surface area contributed by atoms with Crippen LogP contribution in [0, 0.1) is 0 Å². The van der Waals surface area contributed by atoms with Crippen LogP contribution in [-0.4, -0.2) is 74.9 Å². The van der Waals surface area contributed by atoms with Gasteiger partial charge in [-0.1, -0.05) is 6.92 Å². The summed E-state index contributed by atoms with van der Waals surface area (Å²) in [4.78, 5) is 26.6. The van der Waals surface area contributed by atoms with Crippen molar-refractivity contribution in [1.29, 1.82) is 0 Å². The third kappa shape index (κ3) is 7.01. The minimum absolute atomic E-state index is 0.00776. The minimum Gasteiger partial charge on any atom is -0.433 e. The van der Waals surface area contributed by atoms with Gasteiger partial charge in [-0.25, -0.2) is 0 Å². The van der Waals surface area contributed by atoms with Gasteiger partial charge in [0.15, 0.2) is 5.75 Å². The van der Waals surface area contributed by atoms with E-state index in [2.05, 4.69) is 10.1 Å². The number of nitrogens with two attached hydrogens (primary N) is 1. The molecule has 0 aromatic heterocycles. The van der Waals surface area contributed by atoms with Crippen molar-refractivity contribution in [2.75, 3.05) is 49.6 Å². The van der Waals surface area contributed by atoms with Crippen LogP contribution in [0.4, 0.5) is 33.3 Å². The molecule has 1 aromatic carbocycles. The molecule has 2 rings (SSSR count). The van der Waals surface area contributed by atoms with Gasteiger partial charge in [-0.2, -0.15) is 22.0 Å². The standard InChI is InChI=1S/C18H23F5N4O4/c1-2-26(10-18(21,22)23)13(8-24)16(29)25-11-3-4-12(14(7-11)31-17(19)20)27-5-6-30-9-15(27)28/h3-4,7,13,17H,2,5-6,8-10,24H2,1H3,(H,25,29)/t13-/m0/s1. The van der Waals surface area contributed by atoms with Crippen molar-refractivity contribution < 1.29 is 41.0 Å². The number of amides is 2. The van der Waals surface area contributed by atoms with Gasteiger partial charge >= 0.3 is 12.8 Å². The first-order valence-corrected chi connectivity index (χ1v) is 9.34. The highest BCUT2D eigenvalue weighted by molar-refractivity contribution is 5.98. The van der Waals surface area contributed by atoms with Crippen LogP contribution in [-0.2, 0) is 14.3 Å². The summed E-state index contributed by atoms with van der Waals surface area (Å²) in [6, 6.07) is 2.38. The Hall–Kier alpha value is -2.51. The summed E-state index contributed by atoms with van der Waals surface area (Å²) in [6.07, 6.45) is -4.53. The van der Waals surface area contributed by atoms with E-state index in [0.29, 0.717) is 0 Å². The van der Waals surface area contributed by atoms with E-state index in [9.17, 15) is 31.5 Å². The van der Waals surface area contributed by atoms with E-state index in [0.717, 1.165) is 11.0 Å². The van der Waals surface area contributed by atoms with Crippen LogP contribution in [0.5, 0.6) is 5.75 Å². The van der Waals surface area contributed by atoms with Gasteiger partial charge in [0.1, 0.15) is 12.6 Å². The van der Waals surface area contributed by atoms with Crippen molar-refractivity contribution in [3.63, 3.8) is 0 Å². The Kier molecular flexibility index (Phi) is 8.53. The maximum atomic E-state index is 12.9. The van der Waals surface area contributed by atoms with Crippen LogP contribution >= 0.6 is 0 Å². The second-order valence-electron chi connectivity index (χ2n) is 6.58. The van der Waals surface area contributed by atoms with E-state index in [-0.39, 0.29) is 43.4 Å². The molecule has 0 bridgehead atoms. The summed E-state index contributed by atoms with van der Waals surface area (Å²) < 4.78 is 73.6. The predicted molar refractivity (Wildman–Crippen MR) is 101 cm³/mol. The number of likely N-dealkylation sites (N-methyl/N-ethyl adjacent to an activating group) is 1. The van der Waals surface area contributed by atoms with Crippen molar-refractivity contribution in [2.24, 2.45) is 5.73 Å². The quantitative estimate of drug-likeness (QED) is 0.553. The molecule has 174 valence electrons. The lowest BCUT2D eigenvalue weighted by molar-refractivity contribution is -0.153. The number of benzene rings is 1. The number of anilines is 2. The summed E-state index contributed by atoms with van der Waals surface area (Å²) in [6.45, 7) is -3.49. The molecule has 1 atom stereocenters. The molecule has 0 aliphatic carbocycles. The van der Waals surface area contributed by atoms with Crippen molar-refractivity contribution in [2.45, 2.75) is 25.8 Å². The number of halogens is 5. The lowest BCUT2D eigenvalue weighted by Gasteiger charge is -2.30. The van der Waals surface area contributed by atoms with Crippen molar-refractivity contribution in [3.8, 4) is 5.75 Å². The fourth-order valence-corrected chi connectivity index (χ4v) is 3.10. The zero-order valence-corrected chi connectivity index (χ0v) is 16.6. The number of nitrogens with zero attached hydrogens (tertiary/aromatic N) is 2. The number of hydrogen-bond acceptors (Lipinski definition) is 6. The van der Waals surface area contributed by atoms with Gasteiger partial charge in [-0.15, -0.1) is 0 Å².